The monoisotopic (exact) mass is 270 g/mol. The molecule has 1 rings (SSSR count). The number of aliphatic hydroxyl groups is 1. The number of nitrogens with one attached hydrogen (secondary N) is 1. The van der Waals surface area contributed by atoms with Crippen LogP contribution in [0.5, 0.6) is 0 Å². The second-order valence-corrected chi connectivity index (χ2v) is 5.10. The minimum absolute atomic E-state index is 0.0396. The van der Waals surface area contributed by atoms with Crippen LogP contribution in [0.4, 0.5) is 0 Å². The van der Waals surface area contributed by atoms with Crippen molar-refractivity contribution in [3.8, 4) is 0 Å². The molecule has 0 saturated carbocycles. The van der Waals surface area contributed by atoms with Gasteiger partial charge in [-0.05, 0) is 6.07 Å². The van der Waals surface area contributed by atoms with Crippen molar-refractivity contribution in [1.82, 2.24) is 9.71 Å². The van der Waals surface area contributed by atoms with E-state index in [0.717, 1.165) is 6.20 Å². The van der Waals surface area contributed by atoms with Crippen LogP contribution >= 0.6 is 23.2 Å². The van der Waals surface area contributed by atoms with E-state index >= 15 is 0 Å². The Bertz CT molecular complexity index is 450. The highest BCUT2D eigenvalue weighted by Crippen LogP contribution is 2.21. The van der Waals surface area contributed by atoms with Crippen molar-refractivity contribution in [3.05, 3.63) is 22.4 Å². The zero-order valence-electron chi connectivity index (χ0n) is 7.44. The highest BCUT2D eigenvalue weighted by Gasteiger charge is 2.15. The first kappa shape index (κ1) is 12.7. The van der Waals surface area contributed by atoms with Crippen LogP contribution < -0.4 is 4.72 Å². The Hall–Kier alpha value is -0.400. The SMILES string of the molecule is O=S(=O)(NCCO)c1cnc(Cl)c(Cl)c1. The summed E-state index contributed by atoms with van der Waals surface area (Å²) in [6.07, 6.45) is 1.09. The molecule has 0 aliphatic carbocycles. The summed E-state index contributed by atoms with van der Waals surface area (Å²) in [5.41, 5.74) is 0. The van der Waals surface area contributed by atoms with Crippen molar-refractivity contribution in [2.75, 3.05) is 13.2 Å². The van der Waals surface area contributed by atoms with E-state index in [2.05, 4.69) is 9.71 Å². The molecule has 0 aliphatic rings. The van der Waals surface area contributed by atoms with Gasteiger partial charge >= 0.3 is 0 Å². The highest BCUT2D eigenvalue weighted by atomic mass is 35.5. The van der Waals surface area contributed by atoms with Crippen LogP contribution in [0.15, 0.2) is 17.2 Å². The molecule has 0 aromatic carbocycles. The zero-order valence-corrected chi connectivity index (χ0v) is 9.77. The predicted molar refractivity (Wildman–Crippen MR) is 56.5 cm³/mol. The molecule has 0 amide bonds. The molecule has 0 unspecified atom stereocenters. The van der Waals surface area contributed by atoms with E-state index in [-0.39, 0.29) is 28.2 Å². The van der Waals surface area contributed by atoms with Gasteiger partial charge in [-0.25, -0.2) is 18.1 Å². The molecule has 0 aliphatic heterocycles. The van der Waals surface area contributed by atoms with E-state index in [1.54, 1.807) is 0 Å². The van der Waals surface area contributed by atoms with E-state index in [4.69, 9.17) is 28.3 Å². The van der Waals surface area contributed by atoms with Gasteiger partial charge in [-0.3, -0.25) is 0 Å². The molecule has 84 valence electrons. The maximum Gasteiger partial charge on any atom is 0.242 e. The van der Waals surface area contributed by atoms with Crippen molar-refractivity contribution >= 4 is 33.2 Å². The zero-order chi connectivity index (χ0) is 11.5. The number of rotatable bonds is 4. The molecular formula is C7H8Cl2N2O3S. The van der Waals surface area contributed by atoms with E-state index in [1.807, 2.05) is 0 Å². The van der Waals surface area contributed by atoms with Crippen LogP contribution in [0.1, 0.15) is 0 Å². The Balaban J connectivity index is 3.00. The topological polar surface area (TPSA) is 79.3 Å². The largest absolute Gasteiger partial charge is 0.395 e. The molecule has 0 radical (unpaired) electrons. The van der Waals surface area contributed by atoms with Gasteiger partial charge in [0.05, 0.1) is 11.6 Å². The molecule has 0 fully saturated rings. The Morgan fingerprint density at radius 3 is 2.67 bits per heavy atom. The van der Waals surface area contributed by atoms with Crippen molar-refractivity contribution < 1.29 is 13.5 Å². The van der Waals surface area contributed by atoms with Gasteiger partial charge in [0.2, 0.25) is 10.0 Å². The molecule has 1 aromatic heterocycles. The molecule has 15 heavy (non-hydrogen) atoms. The number of halogens is 2. The van der Waals surface area contributed by atoms with Gasteiger partial charge in [-0.1, -0.05) is 23.2 Å². The van der Waals surface area contributed by atoms with Gasteiger partial charge in [-0.2, -0.15) is 0 Å². The maximum absolute atomic E-state index is 11.5. The van der Waals surface area contributed by atoms with Crippen molar-refractivity contribution in [2.45, 2.75) is 4.90 Å². The maximum atomic E-state index is 11.5. The average molecular weight is 271 g/mol. The third-order valence-corrected chi connectivity index (χ3v) is 3.60. The smallest absolute Gasteiger partial charge is 0.242 e. The second kappa shape index (κ2) is 5.09. The van der Waals surface area contributed by atoms with Gasteiger partial charge < -0.3 is 5.11 Å². The van der Waals surface area contributed by atoms with Crippen LogP contribution in [0.25, 0.3) is 0 Å². The van der Waals surface area contributed by atoms with Gasteiger partial charge in [0.25, 0.3) is 0 Å². The quantitative estimate of drug-likeness (QED) is 0.788. The van der Waals surface area contributed by atoms with Crippen LogP contribution in [0, 0.1) is 0 Å². The van der Waals surface area contributed by atoms with Crippen molar-refractivity contribution in [2.24, 2.45) is 0 Å². The lowest BCUT2D eigenvalue weighted by Crippen LogP contribution is -2.26. The normalized spacial score (nSPS) is 11.7. The van der Waals surface area contributed by atoms with Gasteiger partial charge in [0, 0.05) is 12.7 Å². The first-order chi connectivity index (χ1) is 6.97. The van der Waals surface area contributed by atoms with Gasteiger partial charge in [-0.15, -0.1) is 0 Å². The lowest BCUT2D eigenvalue weighted by molar-refractivity contribution is 0.301. The summed E-state index contributed by atoms with van der Waals surface area (Å²) in [6, 6.07) is 1.19. The second-order valence-electron chi connectivity index (χ2n) is 2.57. The Kier molecular flexibility index (Phi) is 4.30. The lowest BCUT2D eigenvalue weighted by Gasteiger charge is -2.05. The van der Waals surface area contributed by atoms with Crippen LogP contribution in [-0.2, 0) is 10.0 Å². The van der Waals surface area contributed by atoms with Gasteiger partial charge in [0.1, 0.15) is 10.0 Å². The number of aromatic nitrogens is 1. The Morgan fingerprint density at radius 1 is 1.47 bits per heavy atom. The predicted octanol–water partition coefficient (Wildman–Crippen LogP) is 0.659. The lowest BCUT2D eigenvalue weighted by atomic mass is 10.5. The number of aliphatic hydroxyl groups excluding tert-OH is 1. The summed E-state index contributed by atoms with van der Waals surface area (Å²) in [5, 5.41) is 8.58. The van der Waals surface area contributed by atoms with Crippen molar-refractivity contribution in [3.63, 3.8) is 0 Å². The molecule has 2 N–H and O–H groups in total. The molecule has 0 spiro atoms. The van der Waals surface area contributed by atoms with E-state index < -0.39 is 10.0 Å². The molecule has 0 saturated heterocycles. The molecule has 8 heteroatoms. The third kappa shape index (κ3) is 3.29. The van der Waals surface area contributed by atoms with E-state index in [9.17, 15) is 8.42 Å². The summed E-state index contributed by atoms with van der Waals surface area (Å²) in [7, 11) is -3.68. The summed E-state index contributed by atoms with van der Waals surface area (Å²) in [5.74, 6) is 0. The van der Waals surface area contributed by atoms with Crippen LogP contribution in [0.3, 0.4) is 0 Å². The highest BCUT2D eigenvalue weighted by molar-refractivity contribution is 7.89. The fourth-order valence-electron chi connectivity index (χ4n) is 0.814. The minimum Gasteiger partial charge on any atom is -0.395 e. The molecule has 1 aromatic rings. The molecular weight excluding hydrogens is 263 g/mol. The Morgan fingerprint density at radius 2 is 2.13 bits per heavy atom. The number of nitrogens with zero attached hydrogens (tertiary/aromatic N) is 1. The van der Waals surface area contributed by atoms with Crippen LogP contribution in [-0.4, -0.2) is 31.7 Å². The summed E-state index contributed by atoms with van der Waals surface area (Å²) < 4.78 is 25.1. The fourth-order valence-corrected chi connectivity index (χ4v) is 2.14. The molecule has 1 heterocycles. The first-order valence-electron chi connectivity index (χ1n) is 3.89. The van der Waals surface area contributed by atoms with Crippen LogP contribution in [0.2, 0.25) is 10.2 Å². The number of sulfonamides is 1. The molecule has 0 atom stereocenters. The molecule has 0 bridgehead atoms. The third-order valence-electron chi connectivity index (χ3n) is 1.49. The summed E-state index contributed by atoms with van der Waals surface area (Å²) in [6.45, 7) is -0.351. The minimum atomic E-state index is -3.68. The van der Waals surface area contributed by atoms with Gasteiger partial charge in [0.15, 0.2) is 0 Å². The first-order valence-corrected chi connectivity index (χ1v) is 6.13. The standard InChI is InChI=1S/C7H8Cl2N2O3S/c8-6-3-5(4-10-7(6)9)15(13,14)11-1-2-12/h3-4,11-12H,1-2H2. The van der Waals surface area contributed by atoms with E-state index in [1.165, 1.54) is 6.07 Å². The number of hydrogen-bond acceptors (Lipinski definition) is 4. The Labute approximate surface area is 97.1 Å². The van der Waals surface area contributed by atoms with E-state index in [0.29, 0.717) is 0 Å². The summed E-state index contributed by atoms with van der Waals surface area (Å²) >= 11 is 11.2. The number of pyridine rings is 1. The molecule has 5 nitrogen and oxygen atoms in total. The summed E-state index contributed by atoms with van der Waals surface area (Å²) in [4.78, 5) is 3.51. The number of hydrogen-bond donors (Lipinski definition) is 2. The van der Waals surface area contributed by atoms with Crippen molar-refractivity contribution in [1.29, 1.82) is 0 Å². The average Bonchev–Trinajstić information content (AvgIpc) is 2.19. The fraction of sp³-hybridized carbons (Fsp3) is 0.286.